The fourth-order valence-corrected chi connectivity index (χ4v) is 2.33. The van der Waals surface area contributed by atoms with Crippen LogP contribution in [-0.2, 0) is 0 Å². The molecule has 92 valence electrons. The maximum atomic E-state index is 3.47. The Labute approximate surface area is 97.0 Å². The zero-order chi connectivity index (χ0) is 11.9. The van der Waals surface area contributed by atoms with Crippen LogP contribution < -0.4 is 5.32 Å². The Hall–Kier alpha value is -0.0400. The minimum atomic E-state index is 0.534. The third-order valence-corrected chi connectivity index (χ3v) is 2.79. The summed E-state index contributed by atoms with van der Waals surface area (Å²) < 4.78 is 0. The van der Waals surface area contributed by atoms with E-state index in [0.29, 0.717) is 11.5 Å². The van der Waals surface area contributed by atoms with Crippen LogP contribution in [0.25, 0.3) is 0 Å². The second-order valence-corrected chi connectivity index (χ2v) is 6.33. The zero-order valence-electron chi connectivity index (χ0n) is 11.7. The molecule has 0 heterocycles. The van der Waals surface area contributed by atoms with Crippen LogP contribution in [0.15, 0.2) is 0 Å². The molecule has 0 fully saturated rings. The molecule has 1 heteroatoms. The van der Waals surface area contributed by atoms with Crippen LogP contribution in [0.2, 0.25) is 0 Å². The topological polar surface area (TPSA) is 12.0 Å². The van der Waals surface area contributed by atoms with E-state index in [-0.39, 0.29) is 0 Å². The maximum Gasteiger partial charge on any atom is 0.00103 e. The standard InChI is InChI=1S/C14H31N/c1-12(2)11-14(5,6)9-7-8-10-15-13(3)4/h12-13,15H,7-11H2,1-6H3. The van der Waals surface area contributed by atoms with Crippen molar-refractivity contribution in [2.24, 2.45) is 11.3 Å². The Kier molecular flexibility index (Phi) is 7.25. The van der Waals surface area contributed by atoms with Crippen molar-refractivity contribution in [1.82, 2.24) is 5.32 Å². The van der Waals surface area contributed by atoms with Gasteiger partial charge in [0.2, 0.25) is 0 Å². The molecular formula is C14H31N. The van der Waals surface area contributed by atoms with Crippen LogP contribution in [0.1, 0.15) is 67.2 Å². The molecule has 0 bridgehead atoms. The third-order valence-electron chi connectivity index (χ3n) is 2.79. The van der Waals surface area contributed by atoms with Gasteiger partial charge in [-0.05, 0) is 37.1 Å². The second-order valence-electron chi connectivity index (χ2n) is 6.33. The van der Waals surface area contributed by atoms with Crippen LogP contribution >= 0.6 is 0 Å². The van der Waals surface area contributed by atoms with Crippen molar-refractivity contribution in [3.05, 3.63) is 0 Å². The number of unbranched alkanes of at least 4 members (excludes halogenated alkanes) is 1. The van der Waals surface area contributed by atoms with Gasteiger partial charge in [-0.1, -0.05) is 48.0 Å². The average molecular weight is 213 g/mol. The fourth-order valence-electron chi connectivity index (χ4n) is 2.33. The summed E-state index contributed by atoms with van der Waals surface area (Å²) in [6.07, 6.45) is 5.40. The van der Waals surface area contributed by atoms with Gasteiger partial charge in [-0.15, -0.1) is 0 Å². The highest BCUT2D eigenvalue weighted by atomic mass is 14.9. The Balaban J connectivity index is 3.48. The van der Waals surface area contributed by atoms with Crippen molar-refractivity contribution in [3.8, 4) is 0 Å². The van der Waals surface area contributed by atoms with Crippen molar-refractivity contribution >= 4 is 0 Å². The molecule has 0 amide bonds. The van der Waals surface area contributed by atoms with Crippen molar-refractivity contribution < 1.29 is 0 Å². The zero-order valence-corrected chi connectivity index (χ0v) is 11.7. The van der Waals surface area contributed by atoms with E-state index < -0.39 is 0 Å². The third kappa shape index (κ3) is 10.2. The second kappa shape index (κ2) is 7.27. The van der Waals surface area contributed by atoms with Crippen molar-refractivity contribution in [1.29, 1.82) is 0 Å². The van der Waals surface area contributed by atoms with E-state index in [2.05, 4.69) is 46.9 Å². The molecule has 0 radical (unpaired) electrons. The summed E-state index contributed by atoms with van der Waals surface area (Å²) in [5.74, 6) is 0.828. The van der Waals surface area contributed by atoms with Crippen molar-refractivity contribution in [2.45, 2.75) is 73.3 Å². The van der Waals surface area contributed by atoms with E-state index in [1.54, 1.807) is 0 Å². The molecule has 0 aromatic carbocycles. The van der Waals surface area contributed by atoms with Gasteiger partial charge in [0.1, 0.15) is 0 Å². The van der Waals surface area contributed by atoms with Gasteiger partial charge in [-0.3, -0.25) is 0 Å². The lowest BCUT2D eigenvalue weighted by atomic mass is 9.80. The molecule has 15 heavy (non-hydrogen) atoms. The minimum absolute atomic E-state index is 0.534. The highest BCUT2D eigenvalue weighted by Crippen LogP contribution is 2.30. The number of hydrogen-bond acceptors (Lipinski definition) is 1. The number of rotatable bonds is 8. The molecular weight excluding hydrogens is 182 g/mol. The van der Waals surface area contributed by atoms with Gasteiger partial charge < -0.3 is 5.32 Å². The number of nitrogens with one attached hydrogen (secondary N) is 1. The van der Waals surface area contributed by atoms with E-state index in [4.69, 9.17) is 0 Å². The lowest BCUT2D eigenvalue weighted by molar-refractivity contribution is 0.256. The lowest BCUT2D eigenvalue weighted by Crippen LogP contribution is -2.24. The Morgan fingerprint density at radius 3 is 2.07 bits per heavy atom. The van der Waals surface area contributed by atoms with Crippen LogP contribution in [0.5, 0.6) is 0 Å². The molecule has 0 aliphatic heterocycles. The molecule has 0 atom stereocenters. The summed E-state index contributed by atoms with van der Waals surface area (Å²) in [5, 5.41) is 3.47. The average Bonchev–Trinajstić information content (AvgIpc) is 1.99. The van der Waals surface area contributed by atoms with Gasteiger partial charge in [0, 0.05) is 6.04 Å². The highest BCUT2D eigenvalue weighted by molar-refractivity contribution is 4.70. The van der Waals surface area contributed by atoms with Crippen molar-refractivity contribution in [2.75, 3.05) is 6.54 Å². The molecule has 0 unspecified atom stereocenters. The molecule has 0 aromatic heterocycles. The summed E-state index contributed by atoms with van der Waals surface area (Å²) in [4.78, 5) is 0. The molecule has 1 N–H and O–H groups in total. The summed E-state index contributed by atoms with van der Waals surface area (Å²) in [7, 11) is 0. The molecule has 0 spiro atoms. The predicted octanol–water partition coefficient (Wildman–Crippen LogP) is 4.23. The van der Waals surface area contributed by atoms with E-state index in [0.717, 1.165) is 5.92 Å². The normalized spacial score (nSPS) is 12.8. The largest absolute Gasteiger partial charge is 0.315 e. The van der Waals surface area contributed by atoms with Crippen LogP contribution in [-0.4, -0.2) is 12.6 Å². The first-order chi connectivity index (χ1) is 6.83. The van der Waals surface area contributed by atoms with Crippen molar-refractivity contribution in [3.63, 3.8) is 0 Å². The minimum Gasteiger partial charge on any atom is -0.315 e. The Morgan fingerprint density at radius 2 is 1.60 bits per heavy atom. The van der Waals surface area contributed by atoms with Gasteiger partial charge in [0.15, 0.2) is 0 Å². The van der Waals surface area contributed by atoms with E-state index in [1.165, 1.54) is 32.2 Å². The van der Waals surface area contributed by atoms with Gasteiger partial charge in [0.25, 0.3) is 0 Å². The molecule has 0 aliphatic rings. The first-order valence-electron chi connectivity index (χ1n) is 6.57. The van der Waals surface area contributed by atoms with E-state index >= 15 is 0 Å². The van der Waals surface area contributed by atoms with Gasteiger partial charge in [0.05, 0.1) is 0 Å². The molecule has 0 aliphatic carbocycles. The Morgan fingerprint density at radius 1 is 1.00 bits per heavy atom. The van der Waals surface area contributed by atoms with Gasteiger partial charge in [-0.25, -0.2) is 0 Å². The van der Waals surface area contributed by atoms with Gasteiger partial charge in [-0.2, -0.15) is 0 Å². The van der Waals surface area contributed by atoms with Crippen LogP contribution in [0.4, 0.5) is 0 Å². The fraction of sp³-hybridized carbons (Fsp3) is 1.00. The molecule has 0 rings (SSSR count). The summed E-state index contributed by atoms with van der Waals surface area (Å²) in [6, 6.07) is 0.633. The van der Waals surface area contributed by atoms with Crippen LogP contribution in [0, 0.1) is 11.3 Å². The monoisotopic (exact) mass is 213 g/mol. The summed E-state index contributed by atoms with van der Waals surface area (Å²) in [5.41, 5.74) is 0.534. The molecule has 0 aromatic rings. The lowest BCUT2D eigenvalue weighted by Gasteiger charge is -2.26. The predicted molar refractivity (Wildman–Crippen MR) is 70.2 cm³/mol. The first-order valence-corrected chi connectivity index (χ1v) is 6.57. The van der Waals surface area contributed by atoms with Gasteiger partial charge >= 0.3 is 0 Å². The highest BCUT2D eigenvalue weighted by Gasteiger charge is 2.18. The molecule has 1 nitrogen and oxygen atoms in total. The SMILES string of the molecule is CC(C)CC(C)(C)CCCCNC(C)C. The Bertz CT molecular complexity index is 147. The molecule has 0 saturated heterocycles. The smallest absolute Gasteiger partial charge is 0.00103 e. The molecule has 0 saturated carbocycles. The number of hydrogen-bond donors (Lipinski definition) is 1. The van der Waals surface area contributed by atoms with Crippen LogP contribution in [0.3, 0.4) is 0 Å². The summed E-state index contributed by atoms with van der Waals surface area (Å²) >= 11 is 0. The van der Waals surface area contributed by atoms with E-state index in [1.807, 2.05) is 0 Å². The maximum absolute atomic E-state index is 3.47. The quantitative estimate of drug-likeness (QED) is 0.595. The first kappa shape index (κ1) is 15.0. The van der Waals surface area contributed by atoms with E-state index in [9.17, 15) is 0 Å². The summed E-state index contributed by atoms with van der Waals surface area (Å²) in [6.45, 7) is 15.1.